The molecule has 122 valence electrons. The van der Waals surface area contributed by atoms with Crippen LogP contribution in [0.15, 0.2) is 24.3 Å². The molecule has 1 aromatic rings. The molecule has 1 fully saturated rings. The number of rotatable bonds is 3. The van der Waals surface area contributed by atoms with Gasteiger partial charge in [-0.1, -0.05) is 51.8 Å². The number of nitrogens with zero attached hydrogens (tertiary/aromatic N) is 1. The lowest BCUT2D eigenvalue weighted by molar-refractivity contribution is -0.129. The minimum absolute atomic E-state index is 0.151. The Kier molecular flexibility index (Phi) is 5.15. The zero-order chi connectivity index (χ0) is 16.3. The van der Waals surface area contributed by atoms with Crippen molar-refractivity contribution in [2.75, 3.05) is 18.0 Å². The van der Waals surface area contributed by atoms with Gasteiger partial charge in [-0.15, -0.1) is 0 Å². The first-order valence-corrected chi connectivity index (χ1v) is 8.42. The second-order valence-electron chi connectivity index (χ2n) is 7.67. The SMILES string of the molecule is CCC1CC(NC(=O)C(C)(C)C)CN(c2ccc(C)cc2)C1. The molecule has 1 saturated heterocycles. The Bertz CT molecular complexity index is 501. The van der Waals surface area contributed by atoms with Gasteiger partial charge in [0.1, 0.15) is 0 Å². The summed E-state index contributed by atoms with van der Waals surface area (Å²) in [5, 5.41) is 3.25. The first-order valence-electron chi connectivity index (χ1n) is 8.42. The quantitative estimate of drug-likeness (QED) is 0.922. The molecule has 22 heavy (non-hydrogen) atoms. The Labute approximate surface area is 135 Å². The van der Waals surface area contributed by atoms with E-state index in [1.54, 1.807) is 0 Å². The third-order valence-electron chi connectivity index (χ3n) is 4.53. The molecule has 1 N–H and O–H groups in total. The highest BCUT2D eigenvalue weighted by molar-refractivity contribution is 5.81. The number of carbonyl (C=O) groups is 1. The third-order valence-corrected chi connectivity index (χ3v) is 4.53. The summed E-state index contributed by atoms with van der Waals surface area (Å²) < 4.78 is 0. The Hall–Kier alpha value is -1.51. The minimum atomic E-state index is -0.326. The second kappa shape index (κ2) is 6.72. The summed E-state index contributed by atoms with van der Waals surface area (Å²) in [7, 11) is 0. The summed E-state index contributed by atoms with van der Waals surface area (Å²) in [4.78, 5) is 14.7. The molecule has 2 atom stereocenters. The molecule has 0 saturated carbocycles. The van der Waals surface area contributed by atoms with Gasteiger partial charge in [-0.05, 0) is 31.4 Å². The highest BCUT2D eigenvalue weighted by atomic mass is 16.2. The van der Waals surface area contributed by atoms with Crippen LogP contribution in [0.25, 0.3) is 0 Å². The first kappa shape index (κ1) is 16.9. The zero-order valence-corrected chi connectivity index (χ0v) is 14.6. The predicted molar refractivity (Wildman–Crippen MR) is 93.2 cm³/mol. The van der Waals surface area contributed by atoms with Gasteiger partial charge in [0.25, 0.3) is 0 Å². The fraction of sp³-hybridized carbons (Fsp3) is 0.632. The number of hydrogen-bond acceptors (Lipinski definition) is 2. The molecule has 0 bridgehead atoms. The molecule has 1 heterocycles. The first-order chi connectivity index (χ1) is 10.3. The molecule has 1 aromatic carbocycles. The third kappa shape index (κ3) is 4.25. The van der Waals surface area contributed by atoms with E-state index in [9.17, 15) is 4.79 Å². The Balaban J connectivity index is 2.09. The lowest BCUT2D eigenvalue weighted by Crippen LogP contribution is -2.53. The van der Waals surface area contributed by atoms with Crippen LogP contribution in [0.3, 0.4) is 0 Å². The average molecular weight is 302 g/mol. The van der Waals surface area contributed by atoms with Crippen LogP contribution in [0.5, 0.6) is 0 Å². The maximum atomic E-state index is 12.3. The van der Waals surface area contributed by atoms with Crippen LogP contribution < -0.4 is 10.2 Å². The smallest absolute Gasteiger partial charge is 0.225 e. The highest BCUT2D eigenvalue weighted by Gasteiger charge is 2.30. The van der Waals surface area contributed by atoms with Gasteiger partial charge < -0.3 is 10.2 Å². The van der Waals surface area contributed by atoms with Crippen LogP contribution in [0.4, 0.5) is 5.69 Å². The van der Waals surface area contributed by atoms with E-state index in [4.69, 9.17) is 0 Å². The van der Waals surface area contributed by atoms with Crippen LogP contribution in [0, 0.1) is 18.3 Å². The van der Waals surface area contributed by atoms with Crippen LogP contribution in [0.2, 0.25) is 0 Å². The Morgan fingerprint density at radius 3 is 2.41 bits per heavy atom. The molecule has 1 aliphatic rings. The van der Waals surface area contributed by atoms with Crippen molar-refractivity contribution in [1.29, 1.82) is 0 Å². The van der Waals surface area contributed by atoms with Crippen molar-refractivity contribution in [2.45, 2.75) is 53.5 Å². The monoisotopic (exact) mass is 302 g/mol. The van der Waals surface area contributed by atoms with E-state index in [-0.39, 0.29) is 17.4 Å². The predicted octanol–water partition coefficient (Wildman–Crippen LogP) is 3.76. The molecule has 1 aliphatic heterocycles. The molecule has 2 rings (SSSR count). The second-order valence-corrected chi connectivity index (χ2v) is 7.67. The zero-order valence-electron chi connectivity index (χ0n) is 14.6. The number of amides is 1. The summed E-state index contributed by atoms with van der Waals surface area (Å²) >= 11 is 0. The highest BCUT2D eigenvalue weighted by Crippen LogP contribution is 2.26. The van der Waals surface area contributed by atoms with Gasteiger partial charge in [0, 0.05) is 30.2 Å². The van der Waals surface area contributed by atoms with Crippen LogP contribution in [-0.4, -0.2) is 25.0 Å². The fourth-order valence-corrected chi connectivity index (χ4v) is 2.97. The van der Waals surface area contributed by atoms with Crippen LogP contribution in [0.1, 0.15) is 46.1 Å². The molecular weight excluding hydrogens is 272 g/mol. The Morgan fingerprint density at radius 2 is 1.86 bits per heavy atom. The van der Waals surface area contributed by atoms with Gasteiger partial charge in [-0.3, -0.25) is 4.79 Å². The molecule has 1 amide bonds. The number of aryl methyl sites for hydroxylation is 1. The molecular formula is C19H30N2O. The fourth-order valence-electron chi connectivity index (χ4n) is 2.97. The van der Waals surface area contributed by atoms with E-state index in [2.05, 4.69) is 48.3 Å². The van der Waals surface area contributed by atoms with Crippen molar-refractivity contribution in [3.63, 3.8) is 0 Å². The van der Waals surface area contributed by atoms with Crippen molar-refractivity contribution >= 4 is 11.6 Å². The van der Waals surface area contributed by atoms with Gasteiger partial charge in [0.2, 0.25) is 5.91 Å². The van der Waals surface area contributed by atoms with E-state index < -0.39 is 0 Å². The number of carbonyl (C=O) groups excluding carboxylic acids is 1. The molecule has 3 heteroatoms. The summed E-state index contributed by atoms with van der Waals surface area (Å²) in [6.07, 6.45) is 2.24. The van der Waals surface area contributed by atoms with E-state index in [0.29, 0.717) is 5.92 Å². The van der Waals surface area contributed by atoms with E-state index in [1.807, 2.05) is 20.8 Å². The minimum Gasteiger partial charge on any atom is -0.369 e. The molecule has 0 spiro atoms. The standard InChI is InChI=1S/C19H30N2O/c1-6-15-11-16(20-18(22)19(3,4)5)13-21(12-15)17-9-7-14(2)8-10-17/h7-10,15-16H,6,11-13H2,1-5H3,(H,20,22). The van der Waals surface area contributed by atoms with Crippen molar-refractivity contribution in [1.82, 2.24) is 5.32 Å². The average Bonchev–Trinajstić information content (AvgIpc) is 2.46. The van der Waals surface area contributed by atoms with Crippen LogP contribution in [-0.2, 0) is 4.79 Å². The van der Waals surface area contributed by atoms with E-state index in [0.717, 1.165) is 25.9 Å². The summed E-state index contributed by atoms with van der Waals surface area (Å²) in [6, 6.07) is 8.94. The lowest BCUT2D eigenvalue weighted by Gasteiger charge is -2.40. The number of nitrogens with one attached hydrogen (secondary N) is 1. The van der Waals surface area contributed by atoms with E-state index >= 15 is 0 Å². The number of anilines is 1. The van der Waals surface area contributed by atoms with Crippen LogP contribution >= 0.6 is 0 Å². The van der Waals surface area contributed by atoms with Gasteiger partial charge in [0.05, 0.1) is 0 Å². The number of hydrogen-bond donors (Lipinski definition) is 1. The maximum absolute atomic E-state index is 12.3. The maximum Gasteiger partial charge on any atom is 0.225 e. The molecule has 0 aromatic heterocycles. The van der Waals surface area contributed by atoms with Gasteiger partial charge in [-0.25, -0.2) is 0 Å². The van der Waals surface area contributed by atoms with Crippen molar-refractivity contribution < 1.29 is 4.79 Å². The van der Waals surface area contributed by atoms with Crippen molar-refractivity contribution in [3.8, 4) is 0 Å². The van der Waals surface area contributed by atoms with E-state index in [1.165, 1.54) is 11.3 Å². The lowest BCUT2D eigenvalue weighted by atomic mass is 9.89. The molecule has 3 nitrogen and oxygen atoms in total. The van der Waals surface area contributed by atoms with Gasteiger partial charge in [0.15, 0.2) is 0 Å². The number of benzene rings is 1. The summed E-state index contributed by atoms with van der Waals surface area (Å²) in [5.41, 5.74) is 2.22. The topological polar surface area (TPSA) is 32.3 Å². The molecule has 0 radical (unpaired) electrons. The largest absolute Gasteiger partial charge is 0.369 e. The Morgan fingerprint density at radius 1 is 1.23 bits per heavy atom. The van der Waals surface area contributed by atoms with Gasteiger partial charge in [-0.2, -0.15) is 0 Å². The molecule has 0 aliphatic carbocycles. The number of piperidine rings is 1. The van der Waals surface area contributed by atoms with Crippen molar-refractivity contribution in [3.05, 3.63) is 29.8 Å². The normalized spacial score (nSPS) is 22.5. The van der Waals surface area contributed by atoms with Crippen molar-refractivity contribution in [2.24, 2.45) is 11.3 Å². The summed E-state index contributed by atoms with van der Waals surface area (Å²) in [6.45, 7) is 12.3. The molecule has 2 unspecified atom stereocenters. The summed E-state index contributed by atoms with van der Waals surface area (Å²) in [5.74, 6) is 0.790. The van der Waals surface area contributed by atoms with Gasteiger partial charge >= 0.3 is 0 Å².